The van der Waals surface area contributed by atoms with Crippen molar-refractivity contribution in [1.82, 2.24) is 4.90 Å². The molecule has 3 atom stereocenters. The van der Waals surface area contributed by atoms with Gasteiger partial charge in [0.15, 0.2) is 22.9 Å². The highest BCUT2D eigenvalue weighted by Crippen LogP contribution is 2.63. The lowest BCUT2D eigenvalue weighted by molar-refractivity contribution is -0.122. The van der Waals surface area contributed by atoms with Crippen molar-refractivity contribution >= 4 is 28.9 Å². The van der Waals surface area contributed by atoms with Gasteiger partial charge >= 0.3 is 0 Å². The fourth-order valence-electron chi connectivity index (χ4n) is 7.36. The normalized spacial score (nSPS) is 27.4. The van der Waals surface area contributed by atoms with Crippen molar-refractivity contribution in [2.75, 3.05) is 11.9 Å². The average Bonchev–Trinajstić information content (AvgIpc) is 3.60. The molecule has 36 heavy (non-hydrogen) atoms. The molecule has 2 saturated heterocycles. The van der Waals surface area contributed by atoms with Crippen LogP contribution in [-0.2, 0) is 10.2 Å². The monoisotopic (exact) mass is 480 g/mol. The van der Waals surface area contributed by atoms with Crippen LogP contribution in [0.5, 0.6) is 0 Å². The second-order valence-electron chi connectivity index (χ2n) is 9.99. The molecule has 3 heterocycles. The van der Waals surface area contributed by atoms with E-state index in [1.807, 2.05) is 11.0 Å². The molecule has 0 bridgehead atoms. The Bertz CT molecular complexity index is 1480. The Morgan fingerprint density at radius 1 is 0.889 bits per heavy atom. The Morgan fingerprint density at radius 3 is 2.22 bits per heavy atom. The van der Waals surface area contributed by atoms with E-state index in [-0.39, 0.29) is 22.6 Å². The molecule has 2 fully saturated rings. The number of hydrogen-bond donors (Lipinski definition) is 1. The summed E-state index contributed by atoms with van der Waals surface area (Å²) in [6.45, 7) is 0.417. The van der Waals surface area contributed by atoms with Gasteiger partial charge < -0.3 is 5.32 Å². The van der Waals surface area contributed by atoms with Gasteiger partial charge in [-0.05, 0) is 55.3 Å². The van der Waals surface area contributed by atoms with Gasteiger partial charge in [-0.15, -0.1) is 0 Å². The van der Waals surface area contributed by atoms with Crippen molar-refractivity contribution in [3.63, 3.8) is 0 Å². The minimum Gasteiger partial charge on any atom is -0.325 e. The predicted molar refractivity (Wildman–Crippen MR) is 129 cm³/mol. The zero-order chi connectivity index (χ0) is 24.8. The van der Waals surface area contributed by atoms with Crippen LogP contribution in [0.15, 0.2) is 72.8 Å². The van der Waals surface area contributed by atoms with Crippen LogP contribution < -0.4 is 5.32 Å². The molecule has 0 saturated carbocycles. The molecule has 0 aromatic heterocycles. The second kappa shape index (κ2) is 7.04. The number of nitrogens with one attached hydrogen (secondary N) is 1. The van der Waals surface area contributed by atoms with Gasteiger partial charge in [-0.2, -0.15) is 0 Å². The molecule has 7 rings (SSSR count). The number of para-hydroxylation sites is 1. The largest absolute Gasteiger partial charge is 0.325 e. The highest BCUT2D eigenvalue weighted by Gasteiger charge is 2.80. The van der Waals surface area contributed by atoms with Gasteiger partial charge in [0.05, 0.1) is 5.92 Å². The van der Waals surface area contributed by atoms with Crippen molar-refractivity contribution < 1.29 is 23.6 Å². The van der Waals surface area contributed by atoms with E-state index in [1.54, 1.807) is 42.5 Å². The highest BCUT2D eigenvalue weighted by molar-refractivity contribution is 6.36. The van der Waals surface area contributed by atoms with E-state index in [0.717, 1.165) is 0 Å². The first-order chi connectivity index (χ1) is 17.4. The molecule has 4 aliphatic rings. The summed E-state index contributed by atoms with van der Waals surface area (Å²) in [7, 11) is 0. The van der Waals surface area contributed by atoms with Gasteiger partial charge in [-0.25, -0.2) is 4.39 Å². The summed E-state index contributed by atoms with van der Waals surface area (Å²) >= 11 is 0. The maximum atomic E-state index is 14.5. The molecule has 0 unspecified atom stereocenters. The van der Waals surface area contributed by atoms with Gasteiger partial charge in [0.1, 0.15) is 11.2 Å². The van der Waals surface area contributed by atoms with Crippen LogP contribution in [0.2, 0.25) is 0 Å². The van der Waals surface area contributed by atoms with Crippen molar-refractivity contribution in [3.05, 3.63) is 101 Å². The molecule has 3 aromatic rings. The Labute approximate surface area is 206 Å². The van der Waals surface area contributed by atoms with Crippen LogP contribution in [0.4, 0.5) is 10.1 Å². The van der Waals surface area contributed by atoms with E-state index < -0.39 is 46.1 Å². The number of carbonyl (C=O) groups is 4. The van der Waals surface area contributed by atoms with Gasteiger partial charge in [0.25, 0.3) is 0 Å². The van der Waals surface area contributed by atoms with Crippen molar-refractivity contribution in [1.29, 1.82) is 0 Å². The molecular formula is C29H21FN2O4. The first-order valence-corrected chi connectivity index (χ1v) is 12.1. The van der Waals surface area contributed by atoms with Gasteiger partial charge in [-0.1, -0.05) is 42.5 Å². The van der Waals surface area contributed by atoms with Crippen LogP contribution in [-0.4, -0.2) is 46.3 Å². The van der Waals surface area contributed by atoms with Crippen LogP contribution in [0.3, 0.4) is 0 Å². The van der Waals surface area contributed by atoms with Crippen LogP contribution >= 0.6 is 0 Å². The zero-order valence-electron chi connectivity index (χ0n) is 19.2. The number of anilines is 1. The Morgan fingerprint density at radius 2 is 1.53 bits per heavy atom. The summed E-state index contributed by atoms with van der Waals surface area (Å²) in [5, 5.41) is 2.95. The van der Waals surface area contributed by atoms with Crippen LogP contribution in [0.25, 0.3) is 0 Å². The summed E-state index contributed by atoms with van der Waals surface area (Å²) in [5.41, 5.74) is -1.37. The third-order valence-corrected chi connectivity index (χ3v) is 8.60. The molecule has 178 valence electrons. The Hall–Kier alpha value is -3.97. The SMILES string of the molecule is O=C(c1ccc(F)cc1)[C@H]1C2(C(=O)c3ccccc3C2=O)N2CCC[C@@H]2[C@]12C(=O)Nc1ccccc12. The van der Waals surface area contributed by atoms with E-state index in [2.05, 4.69) is 5.32 Å². The van der Waals surface area contributed by atoms with Crippen LogP contribution in [0, 0.1) is 11.7 Å². The quantitative estimate of drug-likeness (QED) is 0.446. The molecule has 1 N–H and O–H groups in total. The summed E-state index contributed by atoms with van der Waals surface area (Å²) in [5.74, 6) is -3.58. The topological polar surface area (TPSA) is 83.6 Å². The first kappa shape index (κ1) is 21.3. The van der Waals surface area contributed by atoms with Gasteiger partial charge in [0.2, 0.25) is 5.91 Å². The number of Topliss-reactive ketones (excluding diaryl/α,β-unsaturated/α-hetero) is 3. The lowest BCUT2D eigenvalue weighted by Crippen LogP contribution is -2.60. The Kier molecular flexibility index (Phi) is 4.17. The zero-order valence-corrected chi connectivity index (χ0v) is 19.2. The van der Waals surface area contributed by atoms with E-state index in [9.17, 15) is 23.6 Å². The molecular weight excluding hydrogens is 459 g/mol. The predicted octanol–water partition coefficient (Wildman–Crippen LogP) is 3.81. The van der Waals surface area contributed by atoms with Gasteiger partial charge in [0, 0.05) is 28.4 Å². The number of nitrogens with zero attached hydrogens (tertiary/aromatic N) is 1. The van der Waals surface area contributed by atoms with Crippen molar-refractivity contribution in [3.8, 4) is 0 Å². The number of ketones is 3. The van der Waals surface area contributed by atoms with E-state index in [4.69, 9.17) is 0 Å². The number of benzene rings is 3. The standard InChI is InChI=1S/C29H21FN2O4/c30-17-13-11-16(12-14-17)23(33)24-28(20-8-3-4-9-21(20)31-27(28)36)22-10-5-15-32(22)29(24)25(34)18-6-1-2-7-19(18)26(29)35/h1-4,6-9,11-14,22,24H,5,10,15H2,(H,31,36)/t22-,24-,28+/m1/s1. The number of carbonyl (C=O) groups excluding carboxylic acids is 4. The molecule has 1 amide bonds. The minimum atomic E-state index is -1.84. The molecule has 1 aliphatic carbocycles. The molecule has 3 aromatic carbocycles. The molecule has 7 heteroatoms. The van der Waals surface area contributed by atoms with E-state index in [1.165, 1.54) is 24.3 Å². The molecule has 6 nitrogen and oxygen atoms in total. The van der Waals surface area contributed by atoms with Crippen LogP contribution in [0.1, 0.15) is 49.5 Å². The maximum Gasteiger partial charge on any atom is 0.237 e. The van der Waals surface area contributed by atoms with Gasteiger partial charge in [-0.3, -0.25) is 24.1 Å². The minimum absolute atomic E-state index is 0.162. The molecule has 3 aliphatic heterocycles. The average molecular weight is 480 g/mol. The van der Waals surface area contributed by atoms with Crippen molar-refractivity contribution in [2.45, 2.75) is 29.8 Å². The number of rotatable bonds is 2. The third-order valence-electron chi connectivity index (χ3n) is 8.60. The number of halogens is 1. The first-order valence-electron chi connectivity index (χ1n) is 12.1. The lowest BCUT2D eigenvalue weighted by Gasteiger charge is -2.37. The van der Waals surface area contributed by atoms with E-state index in [0.29, 0.717) is 30.6 Å². The third kappa shape index (κ3) is 2.25. The summed E-state index contributed by atoms with van der Waals surface area (Å²) < 4.78 is 13.8. The van der Waals surface area contributed by atoms with E-state index >= 15 is 0 Å². The summed E-state index contributed by atoms with van der Waals surface area (Å²) in [6, 6.07) is 18.4. The molecule has 2 spiro atoms. The summed E-state index contributed by atoms with van der Waals surface area (Å²) in [4.78, 5) is 59.0. The second-order valence-corrected chi connectivity index (χ2v) is 9.99. The fourth-order valence-corrected chi connectivity index (χ4v) is 7.36. The number of hydrogen-bond acceptors (Lipinski definition) is 5. The highest BCUT2D eigenvalue weighted by atomic mass is 19.1. The number of fused-ring (bicyclic) bond motifs is 6. The number of amides is 1. The van der Waals surface area contributed by atoms with Crippen molar-refractivity contribution in [2.24, 2.45) is 5.92 Å². The maximum absolute atomic E-state index is 14.5. The molecule has 0 radical (unpaired) electrons. The Balaban J connectivity index is 1.57. The summed E-state index contributed by atoms with van der Waals surface area (Å²) in [6.07, 6.45) is 1.26. The lowest BCUT2D eigenvalue weighted by atomic mass is 9.60. The fraction of sp³-hybridized carbons (Fsp3) is 0.241. The smallest absolute Gasteiger partial charge is 0.237 e.